The van der Waals surface area contributed by atoms with Crippen molar-refractivity contribution < 1.29 is 9.59 Å². The predicted octanol–water partition coefficient (Wildman–Crippen LogP) is 2.56. The Morgan fingerprint density at radius 3 is 3.00 bits per heavy atom. The third kappa shape index (κ3) is 3.07. The largest absolute Gasteiger partial charge is 0.329 e. The molecule has 92 valence electrons. The molecular formula is C11H13BrN2O2S. The Hall–Kier alpha value is -0.880. The normalized spacial score (nSPS) is 19.5. The number of nitrogens with zero attached hydrogens (tertiary/aromatic N) is 1. The van der Waals surface area contributed by atoms with Crippen LogP contribution in [-0.2, 0) is 4.79 Å². The SMILES string of the molecule is CC(=O)CCN1CC(c2ccc(Br)s2)NC1=O. The molecule has 0 aliphatic carbocycles. The van der Waals surface area contributed by atoms with E-state index in [0.29, 0.717) is 19.5 Å². The van der Waals surface area contributed by atoms with Gasteiger partial charge in [0.1, 0.15) is 5.78 Å². The van der Waals surface area contributed by atoms with Gasteiger partial charge in [-0.05, 0) is 35.0 Å². The molecule has 1 fully saturated rings. The van der Waals surface area contributed by atoms with Crippen molar-refractivity contribution in [2.45, 2.75) is 19.4 Å². The highest BCUT2D eigenvalue weighted by Crippen LogP contribution is 2.30. The number of ketones is 1. The van der Waals surface area contributed by atoms with Crippen LogP contribution in [0.3, 0.4) is 0 Å². The molecule has 0 saturated carbocycles. The molecule has 2 rings (SSSR count). The van der Waals surface area contributed by atoms with Gasteiger partial charge in [0.05, 0.1) is 9.83 Å². The van der Waals surface area contributed by atoms with Crippen LogP contribution < -0.4 is 5.32 Å². The molecule has 0 aromatic carbocycles. The number of hydrogen-bond donors (Lipinski definition) is 1. The lowest BCUT2D eigenvalue weighted by Gasteiger charge is -2.12. The van der Waals surface area contributed by atoms with Gasteiger partial charge in [0, 0.05) is 24.4 Å². The van der Waals surface area contributed by atoms with Gasteiger partial charge in [-0.3, -0.25) is 4.79 Å². The first-order valence-electron chi connectivity index (χ1n) is 5.36. The van der Waals surface area contributed by atoms with Crippen LogP contribution in [0.25, 0.3) is 0 Å². The van der Waals surface area contributed by atoms with Crippen LogP contribution in [0.4, 0.5) is 4.79 Å². The maximum Gasteiger partial charge on any atom is 0.318 e. The number of rotatable bonds is 4. The van der Waals surface area contributed by atoms with Gasteiger partial charge in [0.2, 0.25) is 0 Å². The molecule has 0 bridgehead atoms. The monoisotopic (exact) mass is 316 g/mol. The minimum Gasteiger partial charge on any atom is -0.329 e. The van der Waals surface area contributed by atoms with E-state index >= 15 is 0 Å². The summed E-state index contributed by atoms with van der Waals surface area (Å²) >= 11 is 5.03. The number of urea groups is 1. The molecule has 17 heavy (non-hydrogen) atoms. The number of amides is 2. The van der Waals surface area contributed by atoms with Crippen LogP contribution in [0.15, 0.2) is 15.9 Å². The van der Waals surface area contributed by atoms with Crippen molar-refractivity contribution in [2.75, 3.05) is 13.1 Å². The number of carbonyl (C=O) groups excluding carboxylic acids is 2. The van der Waals surface area contributed by atoms with Crippen LogP contribution in [0.2, 0.25) is 0 Å². The summed E-state index contributed by atoms with van der Waals surface area (Å²) in [6.07, 6.45) is 0.425. The fraction of sp³-hybridized carbons (Fsp3) is 0.455. The first-order chi connectivity index (χ1) is 8.06. The number of Topliss-reactive ketones (excluding diaryl/α,β-unsaturated/α-hetero) is 1. The van der Waals surface area contributed by atoms with Gasteiger partial charge in [0.25, 0.3) is 0 Å². The van der Waals surface area contributed by atoms with Gasteiger partial charge in [-0.1, -0.05) is 0 Å². The van der Waals surface area contributed by atoms with Crippen molar-refractivity contribution >= 4 is 39.1 Å². The Bertz CT molecular complexity index is 446. The van der Waals surface area contributed by atoms with Crippen LogP contribution in [0.5, 0.6) is 0 Å². The molecule has 0 radical (unpaired) electrons. The van der Waals surface area contributed by atoms with E-state index in [1.54, 1.807) is 23.2 Å². The lowest BCUT2D eigenvalue weighted by Crippen LogP contribution is -2.29. The summed E-state index contributed by atoms with van der Waals surface area (Å²) in [5.41, 5.74) is 0. The summed E-state index contributed by atoms with van der Waals surface area (Å²) in [6, 6.07) is 3.95. The molecule has 1 aromatic rings. The fourth-order valence-corrected chi connectivity index (χ4v) is 3.22. The highest BCUT2D eigenvalue weighted by molar-refractivity contribution is 9.11. The Kier molecular flexibility index (Phi) is 3.83. The molecule has 1 N–H and O–H groups in total. The molecule has 2 heterocycles. The molecule has 2 amide bonds. The van der Waals surface area contributed by atoms with Gasteiger partial charge >= 0.3 is 6.03 Å². The summed E-state index contributed by atoms with van der Waals surface area (Å²) < 4.78 is 1.06. The number of hydrogen-bond acceptors (Lipinski definition) is 3. The number of halogens is 1. The predicted molar refractivity (Wildman–Crippen MR) is 70.2 cm³/mol. The van der Waals surface area contributed by atoms with Crippen LogP contribution >= 0.6 is 27.3 Å². The molecule has 6 heteroatoms. The Morgan fingerprint density at radius 2 is 2.41 bits per heavy atom. The Labute approximate surface area is 112 Å². The van der Waals surface area contributed by atoms with Crippen molar-refractivity contribution in [2.24, 2.45) is 0 Å². The van der Waals surface area contributed by atoms with E-state index in [9.17, 15) is 9.59 Å². The fourth-order valence-electron chi connectivity index (χ4n) is 1.75. The number of nitrogens with one attached hydrogen (secondary N) is 1. The average Bonchev–Trinajstić information content (AvgIpc) is 2.82. The third-order valence-corrected chi connectivity index (χ3v) is 4.40. The molecular weight excluding hydrogens is 304 g/mol. The highest BCUT2D eigenvalue weighted by atomic mass is 79.9. The summed E-state index contributed by atoms with van der Waals surface area (Å²) in [7, 11) is 0. The average molecular weight is 317 g/mol. The van der Waals surface area contributed by atoms with Gasteiger partial charge in [-0.25, -0.2) is 4.79 Å². The molecule has 1 aliphatic rings. The topological polar surface area (TPSA) is 49.4 Å². The van der Waals surface area contributed by atoms with E-state index in [4.69, 9.17) is 0 Å². The van der Waals surface area contributed by atoms with E-state index in [0.717, 1.165) is 8.66 Å². The zero-order chi connectivity index (χ0) is 12.4. The lowest BCUT2D eigenvalue weighted by atomic mass is 10.2. The molecule has 1 saturated heterocycles. The van der Waals surface area contributed by atoms with Crippen LogP contribution in [-0.4, -0.2) is 29.8 Å². The zero-order valence-corrected chi connectivity index (χ0v) is 11.8. The lowest BCUT2D eigenvalue weighted by molar-refractivity contribution is -0.117. The Morgan fingerprint density at radius 1 is 1.65 bits per heavy atom. The first-order valence-corrected chi connectivity index (χ1v) is 6.97. The number of carbonyl (C=O) groups is 2. The summed E-state index contributed by atoms with van der Waals surface area (Å²) in [4.78, 5) is 25.4. The van der Waals surface area contributed by atoms with E-state index in [1.807, 2.05) is 12.1 Å². The molecule has 0 spiro atoms. The molecule has 4 nitrogen and oxygen atoms in total. The van der Waals surface area contributed by atoms with E-state index in [-0.39, 0.29) is 17.9 Å². The van der Waals surface area contributed by atoms with Gasteiger partial charge in [-0.2, -0.15) is 0 Å². The second-order valence-electron chi connectivity index (χ2n) is 4.04. The summed E-state index contributed by atoms with van der Waals surface area (Å²) in [5.74, 6) is 0.111. The van der Waals surface area contributed by atoms with E-state index in [1.165, 1.54) is 0 Å². The third-order valence-electron chi connectivity index (χ3n) is 2.66. The summed E-state index contributed by atoms with van der Waals surface area (Å²) in [6.45, 7) is 2.69. The molecule has 1 atom stereocenters. The quantitative estimate of drug-likeness (QED) is 0.928. The smallest absolute Gasteiger partial charge is 0.318 e. The van der Waals surface area contributed by atoms with Gasteiger partial charge in [0.15, 0.2) is 0 Å². The minimum absolute atomic E-state index is 0.0470. The van der Waals surface area contributed by atoms with Crippen molar-refractivity contribution in [3.63, 3.8) is 0 Å². The minimum atomic E-state index is -0.0826. The molecule has 1 unspecified atom stereocenters. The van der Waals surface area contributed by atoms with Gasteiger partial charge < -0.3 is 10.2 Å². The second-order valence-corrected chi connectivity index (χ2v) is 6.54. The number of thiophene rings is 1. The zero-order valence-electron chi connectivity index (χ0n) is 9.40. The van der Waals surface area contributed by atoms with Crippen molar-refractivity contribution in [3.05, 3.63) is 20.8 Å². The first kappa shape index (κ1) is 12.6. The van der Waals surface area contributed by atoms with Crippen molar-refractivity contribution in [1.82, 2.24) is 10.2 Å². The molecule has 1 aromatic heterocycles. The Balaban J connectivity index is 1.97. The van der Waals surface area contributed by atoms with Crippen molar-refractivity contribution in [3.8, 4) is 0 Å². The van der Waals surface area contributed by atoms with Gasteiger partial charge in [-0.15, -0.1) is 11.3 Å². The van der Waals surface area contributed by atoms with Crippen LogP contribution in [0.1, 0.15) is 24.3 Å². The maximum atomic E-state index is 11.7. The maximum absolute atomic E-state index is 11.7. The standard InChI is InChI=1S/C11H13BrN2O2S/c1-7(15)4-5-14-6-8(13-11(14)16)9-2-3-10(12)17-9/h2-3,8H,4-6H2,1H3,(H,13,16). The van der Waals surface area contributed by atoms with E-state index in [2.05, 4.69) is 21.2 Å². The highest BCUT2D eigenvalue weighted by Gasteiger charge is 2.30. The van der Waals surface area contributed by atoms with E-state index < -0.39 is 0 Å². The van der Waals surface area contributed by atoms with Crippen molar-refractivity contribution in [1.29, 1.82) is 0 Å². The summed E-state index contributed by atoms with van der Waals surface area (Å²) in [5, 5.41) is 2.92. The molecule has 1 aliphatic heterocycles. The van der Waals surface area contributed by atoms with Crippen LogP contribution in [0, 0.1) is 0 Å². The second kappa shape index (κ2) is 5.18.